The molecule has 0 spiro atoms. The molecule has 0 radical (unpaired) electrons. The minimum Gasteiger partial charge on any atom is -0.494 e. The third kappa shape index (κ3) is 5.00. The first-order chi connectivity index (χ1) is 12.6. The first-order valence-electron chi connectivity index (χ1n) is 9.23. The molecule has 142 valence electrons. The quantitative estimate of drug-likeness (QED) is 0.520. The van der Waals surface area contributed by atoms with Gasteiger partial charge in [0.2, 0.25) is 0 Å². The normalized spacial score (nSPS) is 19.5. The highest BCUT2D eigenvalue weighted by molar-refractivity contribution is 5.85. The van der Waals surface area contributed by atoms with Gasteiger partial charge in [0.1, 0.15) is 11.7 Å². The van der Waals surface area contributed by atoms with Crippen LogP contribution >= 0.6 is 0 Å². The fourth-order valence-corrected chi connectivity index (χ4v) is 3.04. The van der Waals surface area contributed by atoms with Crippen molar-refractivity contribution in [3.05, 3.63) is 42.1 Å². The molecule has 26 heavy (non-hydrogen) atoms. The summed E-state index contributed by atoms with van der Waals surface area (Å²) < 4.78 is 11.1. The molecule has 2 amide bonds. The summed E-state index contributed by atoms with van der Waals surface area (Å²) in [4.78, 5) is 24.6. The molecule has 0 bridgehead atoms. The number of esters is 1. The lowest BCUT2D eigenvalue weighted by atomic mass is 9.88. The summed E-state index contributed by atoms with van der Waals surface area (Å²) in [5.74, 6) is -0.466. The van der Waals surface area contributed by atoms with E-state index in [-0.39, 0.29) is 0 Å². The van der Waals surface area contributed by atoms with Gasteiger partial charge in [-0.05, 0) is 19.4 Å². The molecular weight excluding hydrogens is 332 g/mol. The fraction of sp³-hybridized carbons (Fsp3) is 0.500. The number of ether oxygens (including phenoxy) is 2. The minimum absolute atomic E-state index is 0.337. The maximum absolute atomic E-state index is 12.7. The zero-order chi connectivity index (χ0) is 18.9. The van der Waals surface area contributed by atoms with Crippen LogP contribution in [-0.2, 0) is 9.53 Å². The third-order valence-electron chi connectivity index (χ3n) is 4.32. The minimum atomic E-state index is -0.708. The van der Waals surface area contributed by atoms with Gasteiger partial charge in [0.15, 0.2) is 0 Å². The zero-order valence-electron chi connectivity index (χ0n) is 15.5. The molecule has 1 fully saturated rings. The van der Waals surface area contributed by atoms with Gasteiger partial charge in [-0.1, -0.05) is 51.0 Å². The topological polar surface area (TPSA) is 76.7 Å². The molecule has 6 heteroatoms. The van der Waals surface area contributed by atoms with Gasteiger partial charge >= 0.3 is 12.0 Å². The Balaban J connectivity index is 2.17. The van der Waals surface area contributed by atoms with E-state index in [9.17, 15) is 9.59 Å². The molecule has 0 aromatic heterocycles. The average molecular weight is 360 g/mol. The third-order valence-corrected chi connectivity index (χ3v) is 4.32. The molecule has 2 rings (SSSR count). The van der Waals surface area contributed by atoms with E-state index in [0.29, 0.717) is 24.7 Å². The van der Waals surface area contributed by atoms with Crippen molar-refractivity contribution in [1.82, 2.24) is 10.6 Å². The van der Waals surface area contributed by atoms with Crippen LogP contribution < -0.4 is 15.4 Å². The highest BCUT2D eigenvalue weighted by Gasteiger charge is 2.40. The highest BCUT2D eigenvalue weighted by Crippen LogP contribution is 2.35. The Hall–Kier alpha value is -2.50. The van der Waals surface area contributed by atoms with E-state index >= 15 is 0 Å². The maximum atomic E-state index is 12.7. The number of urea groups is 1. The molecule has 0 unspecified atom stereocenters. The number of unbranched alkanes of at least 4 members (excludes halogenated alkanes) is 3. The van der Waals surface area contributed by atoms with Crippen LogP contribution in [0.5, 0.6) is 5.75 Å². The molecule has 1 saturated heterocycles. The Morgan fingerprint density at radius 2 is 1.96 bits per heavy atom. The molecular formula is C20H28N2O4. The van der Waals surface area contributed by atoms with Crippen molar-refractivity contribution in [2.45, 2.75) is 45.6 Å². The Morgan fingerprint density at radius 1 is 1.19 bits per heavy atom. The summed E-state index contributed by atoms with van der Waals surface area (Å²) in [7, 11) is 0. The van der Waals surface area contributed by atoms with Crippen molar-refractivity contribution in [2.75, 3.05) is 13.2 Å². The molecule has 1 aliphatic heterocycles. The molecule has 6 nitrogen and oxygen atoms in total. The number of amides is 2. The predicted octanol–water partition coefficient (Wildman–Crippen LogP) is 3.69. The first kappa shape index (κ1) is 19.8. The summed E-state index contributed by atoms with van der Waals surface area (Å²) in [6.07, 6.45) is 4.11. The van der Waals surface area contributed by atoms with Crippen LogP contribution in [0, 0.1) is 5.92 Å². The molecule has 1 aromatic carbocycles. The highest BCUT2D eigenvalue weighted by atomic mass is 16.5. The van der Waals surface area contributed by atoms with Gasteiger partial charge in [0.25, 0.3) is 0 Å². The number of carbonyl (C=O) groups excluding carboxylic acids is 2. The van der Waals surface area contributed by atoms with Gasteiger partial charge in [-0.2, -0.15) is 0 Å². The fourth-order valence-electron chi connectivity index (χ4n) is 3.04. The summed E-state index contributed by atoms with van der Waals surface area (Å²) >= 11 is 0. The van der Waals surface area contributed by atoms with E-state index in [4.69, 9.17) is 9.47 Å². The van der Waals surface area contributed by atoms with Crippen LogP contribution in [0.1, 0.15) is 51.1 Å². The summed E-state index contributed by atoms with van der Waals surface area (Å²) in [6, 6.07) is 6.40. The molecule has 1 heterocycles. The van der Waals surface area contributed by atoms with Crippen LogP contribution in [0.3, 0.4) is 0 Å². The maximum Gasteiger partial charge on any atom is 0.319 e. The summed E-state index contributed by atoms with van der Waals surface area (Å²) in [5, 5.41) is 5.40. The van der Waals surface area contributed by atoms with Crippen LogP contribution in [-0.4, -0.2) is 25.2 Å². The second-order valence-corrected chi connectivity index (χ2v) is 6.28. The summed E-state index contributed by atoms with van der Waals surface area (Å²) in [5.41, 5.74) is 1.07. The van der Waals surface area contributed by atoms with Gasteiger partial charge in [0.05, 0.1) is 19.3 Å². The Bertz CT molecular complexity index is 644. The second kappa shape index (κ2) is 9.85. The van der Waals surface area contributed by atoms with Crippen molar-refractivity contribution >= 4 is 12.0 Å². The standard InChI is InChI=1S/C20H28N2O4/c1-4-6-7-10-13-26-19(23)17-14(3)21-20(24)22-18(17)15-11-8-9-12-16(15)25-5-2/h8-9,11-12,17-18H,3-7,10,13H2,1-2H3,(H2,21,22,24)/t17-,18+/m1/s1. The number of benzene rings is 1. The lowest BCUT2D eigenvalue weighted by Gasteiger charge is -2.34. The van der Waals surface area contributed by atoms with Gasteiger partial charge in [-0.15, -0.1) is 0 Å². The van der Waals surface area contributed by atoms with E-state index in [1.165, 1.54) is 0 Å². The largest absolute Gasteiger partial charge is 0.494 e. The number of carbonyl (C=O) groups is 2. The summed E-state index contributed by atoms with van der Waals surface area (Å²) in [6.45, 7) is 8.74. The van der Waals surface area contributed by atoms with Crippen molar-refractivity contribution < 1.29 is 19.1 Å². The van der Waals surface area contributed by atoms with Gasteiger partial charge in [-0.3, -0.25) is 4.79 Å². The molecule has 2 atom stereocenters. The van der Waals surface area contributed by atoms with Gasteiger partial charge < -0.3 is 20.1 Å². The second-order valence-electron chi connectivity index (χ2n) is 6.28. The van der Waals surface area contributed by atoms with E-state index in [2.05, 4.69) is 24.1 Å². The van der Waals surface area contributed by atoms with Crippen LogP contribution in [0.4, 0.5) is 4.79 Å². The van der Waals surface area contributed by atoms with Crippen LogP contribution in [0.25, 0.3) is 0 Å². The molecule has 0 aliphatic carbocycles. The van der Waals surface area contributed by atoms with E-state index in [1.807, 2.05) is 31.2 Å². The van der Waals surface area contributed by atoms with Crippen molar-refractivity contribution in [3.63, 3.8) is 0 Å². The smallest absolute Gasteiger partial charge is 0.319 e. The SMILES string of the molecule is C=C1NC(=O)N[C@@H](c2ccccc2OCC)[C@@H]1C(=O)OCCCCCC. The Morgan fingerprint density at radius 3 is 2.69 bits per heavy atom. The molecule has 1 aromatic rings. The number of nitrogens with one attached hydrogen (secondary N) is 2. The van der Waals surface area contributed by atoms with Crippen molar-refractivity contribution in [3.8, 4) is 5.75 Å². The molecule has 1 aliphatic rings. The van der Waals surface area contributed by atoms with E-state index in [0.717, 1.165) is 31.2 Å². The van der Waals surface area contributed by atoms with Crippen LogP contribution in [0.15, 0.2) is 36.5 Å². The average Bonchev–Trinajstić information content (AvgIpc) is 2.61. The molecule has 0 saturated carbocycles. The zero-order valence-corrected chi connectivity index (χ0v) is 15.5. The Kier molecular flexibility index (Phi) is 7.51. The van der Waals surface area contributed by atoms with Gasteiger partial charge in [0, 0.05) is 11.3 Å². The number of para-hydroxylation sites is 1. The number of hydrogen-bond acceptors (Lipinski definition) is 4. The Labute approximate surface area is 154 Å². The van der Waals surface area contributed by atoms with E-state index < -0.39 is 24.0 Å². The lowest BCUT2D eigenvalue weighted by molar-refractivity contribution is -0.148. The first-order valence-corrected chi connectivity index (χ1v) is 9.23. The van der Waals surface area contributed by atoms with Crippen molar-refractivity contribution in [1.29, 1.82) is 0 Å². The van der Waals surface area contributed by atoms with Crippen molar-refractivity contribution in [2.24, 2.45) is 5.92 Å². The number of rotatable bonds is 9. The van der Waals surface area contributed by atoms with E-state index in [1.54, 1.807) is 0 Å². The predicted molar refractivity (Wildman–Crippen MR) is 99.8 cm³/mol. The number of hydrogen-bond donors (Lipinski definition) is 2. The monoisotopic (exact) mass is 360 g/mol. The lowest BCUT2D eigenvalue weighted by Crippen LogP contribution is -2.51. The van der Waals surface area contributed by atoms with Gasteiger partial charge in [-0.25, -0.2) is 4.79 Å². The molecule has 2 N–H and O–H groups in total. The van der Waals surface area contributed by atoms with Crippen LogP contribution in [0.2, 0.25) is 0 Å².